The Bertz CT molecular complexity index is 863. The smallest absolute Gasteiger partial charge is 0.254 e. The van der Waals surface area contributed by atoms with Gasteiger partial charge >= 0.3 is 0 Å². The van der Waals surface area contributed by atoms with Crippen molar-refractivity contribution < 1.29 is 4.79 Å². The van der Waals surface area contributed by atoms with Crippen molar-refractivity contribution in [2.45, 2.75) is 26.3 Å². The second kappa shape index (κ2) is 9.48. The third kappa shape index (κ3) is 5.92. The third-order valence-corrected chi connectivity index (χ3v) is 4.22. The molecule has 0 unspecified atom stereocenters. The van der Waals surface area contributed by atoms with Gasteiger partial charge in [-0.25, -0.2) is 9.97 Å². The average Bonchev–Trinajstić information content (AvgIpc) is 2.71. The Morgan fingerprint density at radius 1 is 0.963 bits per heavy atom. The lowest BCUT2D eigenvalue weighted by Crippen LogP contribution is -2.23. The standard InChI is InChI=1S/C22H24N4O/c1-17-7-5-10-19(13-17)14-24-21(27)20-15-25-22(26-16-20)23-12-6-11-18-8-3-2-4-9-18/h2-5,7-10,13,15-16H,6,11-12,14H2,1H3,(H,24,27)(H,23,25,26). The summed E-state index contributed by atoms with van der Waals surface area (Å²) in [5.41, 5.74) is 4.02. The Morgan fingerprint density at radius 3 is 2.44 bits per heavy atom. The fourth-order valence-corrected chi connectivity index (χ4v) is 2.78. The molecule has 0 aliphatic rings. The maximum Gasteiger partial charge on any atom is 0.254 e. The molecule has 1 aromatic heterocycles. The van der Waals surface area contributed by atoms with Crippen LogP contribution >= 0.6 is 0 Å². The van der Waals surface area contributed by atoms with Crippen LogP contribution in [0.2, 0.25) is 0 Å². The Balaban J connectivity index is 1.43. The van der Waals surface area contributed by atoms with Crippen molar-refractivity contribution in [1.82, 2.24) is 15.3 Å². The minimum atomic E-state index is -0.174. The van der Waals surface area contributed by atoms with Crippen LogP contribution in [-0.2, 0) is 13.0 Å². The number of hydrogen-bond donors (Lipinski definition) is 2. The lowest BCUT2D eigenvalue weighted by Gasteiger charge is -2.07. The normalized spacial score (nSPS) is 10.4. The highest BCUT2D eigenvalue weighted by Crippen LogP contribution is 2.06. The van der Waals surface area contributed by atoms with Crippen LogP contribution in [0, 0.1) is 6.92 Å². The van der Waals surface area contributed by atoms with Gasteiger partial charge in [0.05, 0.1) is 5.56 Å². The number of benzene rings is 2. The summed E-state index contributed by atoms with van der Waals surface area (Å²) in [5, 5.41) is 6.08. The van der Waals surface area contributed by atoms with Gasteiger partial charge in [-0.3, -0.25) is 4.79 Å². The number of hydrogen-bond acceptors (Lipinski definition) is 4. The number of nitrogens with one attached hydrogen (secondary N) is 2. The molecule has 1 heterocycles. The van der Waals surface area contributed by atoms with Crippen molar-refractivity contribution in [3.63, 3.8) is 0 Å². The molecule has 3 rings (SSSR count). The van der Waals surface area contributed by atoms with E-state index in [0.29, 0.717) is 18.1 Å². The number of nitrogens with zero attached hydrogens (tertiary/aromatic N) is 2. The second-order valence-corrected chi connectivity index (χ2v) is 6.48. The maximum absolute atomic E-state index is 12.2. The number of carbonyl (C=O) groups excluding carboxylic acids is 1. The molecule has 27 heavy (non-hydrogen) atoms. The molecule has 0 aliphatic heterocycles. The largest absolute Gasteiger partial charge is 0.354 e. The minimum Gasteiger partial charge on any atom is -0.354 e. The van der Waals surface area contributed by atoms with Crippen LogP contribution in [-0.4, -0.2) is 22.4 Å². The number of aryl methyl sites for hydroxylation is 2. The van der Waals surface area contributed by atoms with E-state index in [1.54, 1.807) is 12.4 Å². The van der Waals surface area contributed by atoms with Crippen LogP contribution in [0.5, 0.6) is 0 Å². The summed E-state index contributed by atoms with van der Waals surface area (Å²) >= 11 is 0. The Labute approximate surface area is 159 Å². The summed E-state index contributed by atoms with van der Waals surface area (Å²) in [4.78, 5) is 20.7. The number of anilines is 1. The van der Waals surface area contributed by atoms with Crippen molar-refractivity contribution in [2.24, 2.45) is 0 Å². The molecule has 138 valence electrons. The highest BCUT2D eigenvalue weighted by atomic mass is 16.1. The molecule has 0 saturated heterocycles. The van der Waals surface area contributed by atoms with E-state index in [2.05, 4.69) is 50.9 Å². The summed E-state index contributed by atoms with van der Waals surface area (Å²) in [6.07, 6.45) is 5.11. The van der Waals surface area contributed by atoms with Gasteiger partial charge < -0.3 is 10.6 Å². The maximum atomic E-state index is 12.2. The Hall–Kier alpha value is -3.21. The van der Waals surface area contributed by atoms with Crippen LogP contribution in [0.3, 0.4) is 0 Å². The van der Waals surface area contributed by atoms with Gasteiger partial charge in [0.15, 0.2) is 0 Å². The second-order valence-electron chi connectivity index (χ2n) is 6.48. The number of aromatic nitrogens is 2. The molecule has 2 aromatic carbocycles. The van der Waals surface area contributed by atoms with Crippen molar-refractivity contribution >= 4 is 11.9 Å². The number of rotatable bonds is 8. The molecule has 0 atom stereocenters. The van der Waals surface area contributed by atoms with Gasteiger partial charge in [-0.15, -0.1) is 0 Å². The van der Waals surface area contributed by atoms with Crippen LogP contribution in [0.4, 0.5) is 5.95 Å². The molecule has 0 radical (unpaired) electrons. The molecule has 1 amide bonds. The van der Waals surface area contributed by atoms with Crippen LogP contribution in [0.1, 0.15) is 33.5 Å². The molecular formula is C22H24N4O. The third-order valence-electron chi connectivity index (χ3n) is 4.22. The Morgan fingerprint density at radius 2 is 1.70 bits per heavy atom. The molecule has 0 bridgehead atoms. The lowest BCUT2D eigenvalue weighted by molar-refractivity contribution is 0.0950. The SMILES string of the molecule is Cc1cccc(CNC(=O)c2cnc(NCCCc3ccccc3)nc2)c1. The predicted octanol–water partition coefficient (Wildman–Crippen LogP) is 3.76. The minimum absolute atomic E-state index is 0.174. The van der Waals surface area contributed by atoms with Crippen molar-refractivity contribution in [3.8, 4) is 0 Å². The molecule has 0 fully saturated rings. The van der Waals surface area contributed by atoms with Crippen molar-refractivity contribution in [3.05, 3.63) is 89.2 Å². The van der Waals surface area contributed by atoms with E-state index >= 15 is 0 Å². The van der Waals surface area contributed by atoms with Gasteiger partial charge in [-0.2, -0.15) is 0 Å². The summed E-state index contributed by atoms with van der Waals surface area (Å²) < 4.78 is 0. The quantitative estimate of drug-likeness (QED) is 0.600. The van der Waals surface area contributed by atoms with Crippen molar-refractivity contribution in [2.75, 3.05) is 11.9 Å². The first-order valence-corrected chi connectivity index (χ1v) is 9.14. The fourth-order valence-electron chi connectivity index (χ4n) is 2.78. The molecule has 0 aliphatic carbocycles. The summed E-state index contributed by atoms with van der Waals surface area (Å²) in [6, 6.07) is 18.4. The highest BCUT2D eigenvalue weighted by molar-refractivity contribution is 5.93. The highest BCUT2D eigenvalue weighted by Gasteiger charge is 2.07. The molecule has 0 spiro atoms. The molecule has 5 nitrogen and oxygen atoms in total. The van der Waals surface area contributed by atoms with Gasteiger partial charge in [-0.1, -0.05) is 60.2 Å². The van der Waals surface area contributed by atoms with E-state index < -0.39 is 0 Å². The van der Waals surface area contributed by atoms with Gasteiger partial charge in [0, 0.05) is 25.5 Å². The van der Waals surface area contributed by atoms with E-state index in [9.17, 15) is 4.79 Å². The van der Waals surface area contributed by atoms with Crippen LogP contribution < -0.4 is 10.6 Å². The molecular weight excluding hydrogens is 336 g/mol. The zero-order valence-corrected chi connectivity index (χ0v) is 15.5. The van der Waals surface area contributed by atoms with E-state index in [0.717, 1.165) is 24.9 Å². The zero-order valence-electron chi connectivity index (χ0n) is 15.5. The number of amides is 1. The predicted molar refractivity (Wildman–Crippen MR) is 108 cm³/mol. The molecule has 5 heteroatoms. The van der Waals surface area contributed by atoms with E-state index in [4.69, 9.17) is 0 Å². The lowest BCUT2D eigenvalue weighted by atomic mass is 10.1. The molecule has 3 aromatic rings. The fraction of sp³-hybridized carbons (Fsp3) is 0.227. The molecule has 0 saturated carbocycles. The first kappa shape index (κ1) is 18.6. The monoisotopic (exact) mass is 360 g/mol. The van der Waals surface area contributed by atoms with Crippen molar-refractivity contribution in [1.29, 1.82) is 0 Å². The first-order valence-electron chi connectivity index (χ1n) is 9.14. The van der Waals surface area contributed by atoms with Gasteiger partial charge in [0.1, 0.15) is 0 Å². The van der Waals surface area contributed by atoms with Crippen LogP contribution in [0.25, 0.3) is 0 Å². The average molecular weight is 360 g/mol. The topological polar surface area (TPSA) is 66.9 Å². The summed E-state index contributed by atoms with van der Waals surface area (Å²) in [5.74, 6) is 0.366. The summed E-state index contributed by atoms with van der Waals surface area (Å²) in [6.45, 7) is 3.30. The van der Waals surface area contributed by atoms with Gasteiger partial charge in [0.25, 0.3) is 5.91 Å². The first-order chi connectivity index (χ1) is 13.2. The van der Waals surface area contributed by atoms with Gasteiger partial charge in [0.2, 0.25) is 5.95 Å². The summed E-state index contributed by atoms with van der Waals surface area (Å²) in [7, 11) is 0. The van der Waals surface area contributed by atoms with E-state index in [1.165, 1.54) is 11.1 Å². The molecule has 2 N–H and O–H groups in total. The zero-order chi connectivity index (χ0) is 18.9. The van der Waals surface area contributed by atoms with E-state index in [-0.39, 0.29) is 5.91 Å². The van der Waals surface area contributed by atoms with E-state index in [1.807, 2.05) is 31.2 Å². The Kier molecular flexibility index (Phi) is 6.52. The van der Waals surface area contributed by atoms with Crippen LogP contribution in [0.15, 0.2) is 67.0 Å². The van der Waals surface area contributed by atoms with Gasteiger partial charge in [-0.05, 0) is 30.9 Å². The number of carbonyl (C=O) groups is 1.